The van der Waals surface area contributed by atoms with Crippen LogP contribution in [0.5, 0.6) is 5.75 Å². The van der Waals surface area contributed by atoms with Crippen LogP contribution < -0.4 is 4.74 Å². The Balaban J connectivity index is 1.23. The minimum absolute atomic E-state index is 0.110. The summed E-state index contributed by atoms with van der Waals surface area (Å²) in [5.41, 5.74) is 1.71. The fourth-order valence-electron chi connectivity index (χ4n) is 7.15. The normalized spacial score (nSPS) is 22.8. The third-order valence-electron chi connectivity index (χ3n) is 9.44. The zero-order valence-electron chi connectivity index (χ0n) is 24.2. The van der Waals surface area contributed by atoms with Gasteiger partial charge in [0.25, 0.3) is 0 Å². The quantitative estimate of drug-likeness (QED) is 0.238. The number of hydrogen-bond acceptors (Lipinski definition) is 1. The Labute approximate surface area is 244 Å². The van der Waals surface area contributed by atoms with Gasteiger partial charge in [-0.05, 0) is 122 Å². The van der Waals surface area contributed by atoms with E-state index in [2.05, 4.69) is 0 Å². The summed E-state index contributed by atoms with van der Waals surface area (Å²) in [6, 6.07) is 9.69. The molecule has 0 spiro atoms. The largest absolute Gasteiger partial charge is 0.491 e. The van der Waals surface area contributed by atoms with E-state index in [0.29, 0.717) is 85.6 Å². The molecular formula is C35H38F6O. The maximum absolute atomic E-state index is 15.4. The first kappa shape index (κ1) is 30.5. The van der Waals surface area contributed by atoms with Crippen molar-refractivity contribution in [2.45, 2.75) is 102 Å². The Kier molecular flexibility index (Phi) is 9.54. The minimum atomic E-state index is -0.989. The van der Waals surface area contributed by atoms with Crippen molar-refractivity contribution in [3.63, 3.8) is 0 Å². The van der Waals surface area contributed by atoms with E-state index in [-0.39, 0.29) is 36.0 Å². The fourth-order valence-corrected chi connectivity index (χ4v) is 7.15. The van der Waals surface area contributed by atoms with E-state index < -0.39 is 34.9 Å². The highest BCUT2D eigenvalue weighted by Crippen LogP contribution is 2.46. The van der Waals surface area contributed by atoms with Gasteiger partial charge in [-0.1, -0.05) is 43.7 Å². The first-order valence-corrected chi connectivity index (χ1v) is 15.3. The molecule has 42 heavy (non-hydrogen) atoms. The van der Waals surface area contributed by atoms with Crippen LogP contribution in [0.15, 0.2) is 36.4 Å². The molecule has 3 aromatic carbocycles. The average Bonchev–Trinajstić information content (AvgIpc) is 3.00. The lowest BCUT2D eigenvalue weighted by atomic mass is 9.74. The third kappa shape index (κ3) is 5.93. The van der Waals surface area contributed by atoms with Gasteiger partial charge in [-0.25, -0.2) is 22.0 Å². The Morgan fingerprint density at radius 1 is 0.500 bits per heavy atom. The molecule has 226 valence electrons. The lowest BCUT2D eigenvalue weighted by Crippen LogP contribution is -2.17. The van der Waals surface area contributed by atoms with Crippen molar-refractivity contribution in [3.05, 3.63) is 99.1 Å². The molecule has 0 saturated heterocycles. The van der Waals surface area contributed by atoms with Crippen LogP contribution in [0.25, 0.3) is 0 Å². The van der Waals surface area contributed by atoms with Gasteiger partial charge < -0.3 is 4.74 Å². The number of halogens is 6. The van der Waals surface area contributed by atoms with E-state index >= 15 is 8.78 Å². The summed E-state index contributed by atoms with van der Waals surface area (Å²) in [5, 5.41) is 0. The smallest absolute Gasteiger partial charge is 0.200 e. The summed E-state index contributed by atoms with van der Waals surface area (Å²) in [5.74, 6) is -5.97. The third-order valence-corrected chi connectivity index (χ3v) is 9.44. The Morgan fingerprint density at radius 3 is 1.26 bits per heavy atom. The number of benzene rings is 3. The zero-order valence-corrected chi connectivity index (χ0v) is 24.2. The first-order valence-electron chi connectivity index (χ1n) is 15.3. The van der Waals surface area contributed by atoms with Gasteiger partial charge in [0.05, 0.1) is 6.61 Å². The Bertz CT molecular complexity index is 1300. The highest BCUT2D eigenvalue weighted by atomic mass is 19.2. The molecule has 0 N–H and O–H groups in total. The number of ether oxygens (including phenoxy) is 1. The maximum atomic E-state index is 15.4. The number of hydrogen-bond donors (Lipinski definition) is 0. The van der Waals surface area contributed by atoms with Crippen molar-refractivity contribution in [1.82, 2.24) is 0 Å². The van der Waals surface area contributed by atoms with E-state index in [1.54, 1.807) is 37.3 Å². The lowest BCUT2D eigenvalue weighted by molar-refractivity contribution is 0.310. The van der Waals surface area contributed by atoms with E-state index in [9.17, 15) is 17.6 Å². The Morgan fingerprint density at radius 2 is 0.857 bits per heavy atom. The second kappa shape index (κ2) is 13.1. The molecule has 0 atom stereocenters. The van der Waals surface area contributed by atoms with Crippen molar-refractivity contribution in [2.24, 2.45) is 0 Å². The molecule has 0 bridgehead atoms. The summed E-state index contributed by atoms with van der Waals surface area (Å²) in [7, 11) is 0. The molecule has 1 nitrogen and oxygen atoms in total. The molecular weight excluding hydrogens is 550 g/mol. The van der Waals surface area contributed by atoms with Gasteiger partial charge in [-0.2, -0.15) is 4.39 Å². The van der Waals surface area contributed by atoms with Gasteiger partial charge in [0.15, 0.2) is 34.8 Å². The first-order chi connectivity index (χ1) is 20.2. The van der Waals surface area contributed by atoms with Crippen molar-refractivity contribution in [3.8, 4) is 5.75 Å². The van der Waals surface area contributed by atoms with E-state index in [1.807, 2.05) is 6.92 Å². The standard InChI is InChI=1S/C35H38F6O/c1-3-5-24-14-15-25(31(37)30(24)36)20-6-8-21(9-7-20)26-16-17-27(33(39)32(26)38)22-10-12-23(13-11-22)28-18-19-29(42-4-2)35(41)34(28)40/h14-23H,3-13H2,1-2H3. The molecule has 7 heteroatoms. The predicted octanol–water partition coefficient (Wildman–Crippen LogP) is 10.8. The van der Waals surface area contributed by atoms with Crippen LogP contribution in [0.2, 0.25) is 0 Å². The molecule has 0 heterocycles. The van der Waals surface area contributed by atoms with E-state index in [4.69, 9.17) is 4.74 Å². The van der Waals surface area contributed by atoms with Crippen molar-refractivity contribution >= 4 is 0 Å². The van der Waals surface area contributed by atoms with Gasteiger partial charge in [0, 0.05) is 0 Å². The van der Waals surface area contributed by atoms with Crippen LogP contribution in [0, 0.1) is 34.9 Å². The average molecular weight is 589 g/mol. The molecule has 2 aliphatic rings. The molecule has 2 aliphatic carbocycles. The van der Waals surface area contributed by atoms with Crippen LogP contribution in [0.3, 0.4) is 0 Å². The number of aryl methyl sites for hydroxylation is 1. The summed E-state index contributed by atoms with van der Waals surface area (Å²) >= 11 is 0. The summed E-state index contributed by atoms with van der Waals surface area (Å²) in [4.78, 5) is 0. The molecule has 2 saturated carbocycles. The minimum Gasteiger partial charge on any atom is -0.491 e. The predicted molar refractivity (Wildman–Crippen MR) is 152 cm³/mol. The molecule has 3 aromatic rings. The maximum Gasteiger partial charge on any atom is 0.200 e. The molecule has 0 amide bonds. The SMILES string of the molecule is CCCc1ccc(C2CCC(c3ccc(C4CCC(c5ccc(OCC)c(F)c5F)CC4)c(F)c3F)CC2)c(F)c1F. The molecule has 0 aliphatic heterocycles. The summed E-state index contributed by atoms with van der Waals surface area (Å²) in [6.07, 6.45) is 5.65. The fraction of sp³-hybridized carbons (Fsp3) is 0.486. The van der Waals surface area contributed by atoms with E-state index in [0.717, 1.165) is 6.42 Å². The molecule has 0 radical (unpaired) electrons. The molecule has 5 rings (SSSR count). The second-order valence-corrected chi connectivity index (χ2v) is 11.9. The van der Waals surface area contributed by atoms with Crippen molar-refractivity contribution in [1.29, 1.82) is 0 Å². The monoisotopic (exact) mass is 588 g/mol. The molecule has 0 aromatic heterocycles. The van der Waals surface area contributed by atoms with Crippen LogP contribution in [0.4, 0.5) is 26.3 Å². The van der Waals surface area contributed by atoms with Crippen LogP contribution in [-0.4, -0.2) is 6.61 Å². The second-order valence-electron chi connectivity index (χ2n) is 11.9. The van der Waals surface area contributed by atoms with E-state index in [1.165, 1.54) is 6.07 Å². The molecule has 2 fully saturated rings. The van der Waals surface area contributed by atoms with Gasteiger partial charge in [-0.3, -0.25) is 0 Å². The van der Waals surface area contributed by atoms with Gasteiger partial charge in [0.1, 0.15) is 0 Å². The topological polar surface area (TPSA) is 9.23 Å². The summed E-state index contributed by atoms with van der Waals surface area (Å²) in [6.45, 7) is 3.85. The molecule has 0 unspecified atom stereocenters. The van der Waals surface area contributed by atoms with Crippen molar-refractivity contribution < 1.29 is 31.1 Å². The van der Waals surface area contributed by atoms with Crippen LogP contribution in [0.1, 0.15) is 123 Å². The van der Waals surface area contributed by atoms with Crippen molar-refractivity contribution in [2.75, 3.05) is 6.61 Å². The Hall–Kier alpha value is -2.96. The highest BCUT2D eigenvalue weighted by molar-refractivity contribution is 5.36. The zero-order chi connectivity index (χ0) is 30.0. The summed E-state index contributed by atoms with van der Waals surface area (Å²) < 4.78 is 94.4. The van der Waals surface area contributed by atoms with Crippen LogP contribution in [-0.2, 0) is 6.42 Å². The van der Waals surface area contributed by atoms with Crippen LogP contribution >= 0.6 is 0 Å². The van der Waals surface area contributed by atoms with Gasteiger partial charge >= 0.3 is 0 Å². The van der Waals surface area contributed by atoms with Gasteiger partial charge in [-0.15, -0.1) is 0 Å². The number of rotatable bonds is 8. The van der Waals surface area contributed by atoms with Gasteiger partial charge in [0.2, 0.25) is 5.82 Å². The lowest BCUT2D eigenvalue weighted by Gasteiger charge is -2.31. The highest BCUT2D eigenvalue weighted by Gasteiger charge is 2.32.